The Labute approximate surface area is 131 Å². The van der Waals surface area contributed by atoms with E-state index in [9.17, 15) is 5.11 Å². The van der Waals surface area contributed by atoms with Crippen molar-refractivity contribution in [1.82, 2.24) is 0 Å². The minimum absolute atomic E-state index is 0.217. The van der Waals surface area contributed by atoms with E-state index in [2.05, 4.69) is 15.9 Å². The van der Waals surface area contributed by atoms with Crippen molar-refractivity contribution in [1.29, 1.82) is 0 Å². The van der Waals surface area contributed by atoms with Crippen molar-refractivity contribution < 1.29 is 14.6 Å². The summed E-state index contributed by atoms with van der Waals surface area (Å²) in [5, 5.41) is 9.43. The van der Waals surface area contributed by atoms with Crippen molar-refractivity contribution in [2.24, 2.45) is 0 Å². The number of alkyl halides is 1. The first kappa shape index (κ1) is 15.0. The van der Waals surface area contributed by atoms with Crippen LogP contribution in [0.3, 0.4) is 0 Å². The zero-order valence-corrected chi connectivity index (χ0v) is 13.2. The van der Waals surface area contributed by atoms with Crippen molar-refractivity contribution in [3.8, 4) is 17.2 Å². The van der Waals surface area contributed by atoms with Crippen LogP contribution in [0.25, 0.3) is 0 Å². The summed E-state index contributed by atoms with van der Waals surface area (Å²) in [5.41, 5.74) is 1.82. The number of halogens is 2. The highest BCUT2D eigenvalue weighted by atomic mass is 79.9. The summed E-state index contributed by atoms with van der Waals surface area (Å²) >= 11 is 9.28. The fraction of sp³-hybridized carbons (Fsp3) is 0.200. The number of rotatable bonds is 5. The molecule has 0 bridgehead atoms. The van der Waals surface area contributed by atoms with Gasteiger partial charge in [-0.2, -0.15) is 0 Å². The molecule has 0 aliphatic carbocycles. The molecule has 0 aliphatic heterocycles. The average molecular weight is 358 g/mol. The van der Waals surface area contributed by atoms with E-state index < -0.39 is 0 Å². The minimum Gasteiger partial charge on any atom is -0.508 e. The number of hydrogen-bond acceptors (Lipinski definition) is 3. The molecule has 0 saturated carbocycles. The predicted octanol–water partition coefficient (Wildman–Crippen LogP) is 4.48. The monoisotopic (exact) mass is 356 g/mol. The summed E-state index contributed by atoms with van der Waals surface area (Å²) in [4.78, 5) is 0. The Hall–Kier alpha value is -1.39. The average Bonchev–Trinajstić information content (AvgIpc) is 2.45. The molecule has 0 atom stereocenters. The number of ether oxygens (including phenoxy) is 2. The zero-order valence-electron chi connectivity index (χ0n) is 10.9. The van der Waals surface area contributed by atoms with Gasteiger partial charge in [-0.15, -0.1) is 11.6 Å². The van der Waals surface area contributed by atoms with Gasteiger partial charge in [-0.05, 0) is 51.3 Å². The van der Waals surface area contributed by atoms with E-state index in [1.165, 1.54) is 0 Å². The fourth-order valence-electron chi connectivity index (χ4n) is 1.79. The van der Waals surface area contributed by atoms with E-state index >= 15 is 0 Å². The van der Waals surface area contributed by atoms with Crippen LogP contribution in [0.1, 0.15) is 11.1 Å². The van der Waals surface area contributed by atoms with Crippen LogP contribution < -0.4 is 9.47 Å². The van der Waals surface area contributed by atoms with Crippen LogP contribution in [0.5, 0.6) is 17.2 Å². The lowest BCUT2D eigenvalue weighted by atomic mass is 10.2. The first-order valence-corrected chi connectivity index (χ1v) is 7.30. The molecule has 0 fully saturated rings. The molecule has 106 valence electrons. The second-order valence-corrected chi connectivity index (χ2v) is 5.32. The largest absolute Gasteiger partial charge is 0.508 e. The van der Waals surface area contributed by atoms with E-state index in [4.69, 9.17) is 21.1 Å². The highest BCUT2D eigenvalue weighted by Gasteiger charge is 2.11. The molecule has 5 heteroatoms. The molecule has 2 aromatic carbocycles. The Balaban J connectivity index is 2.20. The van der Waals surface area contributed by atoms with Crippen molar-refractivity contribution in [3.63, 3.8) is 0 Å². The van der Waals surface area contributed by atoms with Crippen LogP contribution in [0.15, 0.2) is 40.9 Å². The summed E-state index contributed by atoms with van der Waals surface area (Å²) in [6, 6.07) is 10.7. The number of phenols is 1. The molecule has 1 N–H and O–H groups in total. The van der Waals surface area contributed by atoms with Crippen LogP contribution in [-0.4, -0.2) is 12.2 Å². The van der Waals surface area contributed by atoms with Crippen LogP contribution in [0, 0.1) is 0 Å². The van der Waals surface area contributed by atoms with Crippen molar-refractivity contribution in [2.45, 2.75) is 12.5 Å². The molecular formula is C15H14BrClO3. The predicted molar refractivity (Wildman–Crippen MR) is 82.7 cm³/mol. The van der Waals surface area contributed by atoms with Gasteiger partial charge >= 0.3 is 0 Å². The molecule has 0 radical (unpaired) electrons. The van der Waals surface area contributed by atoms with Crippen LogP contribution >= 0.6 is 27.5 Å². The van der Waals surface area contributed by atoms with E-state index in [1.54, 1.807) is 25.3 Å². The van der Waals surface area contributed by atoms with E-state index in [-0.39, 0.29) is 5.75 Å². The smallest absolute Gasteiger partial charge is 0.175 e. The molecule has 0 aromatic heterocycles. The van der Waals surface area contributed by atoms with Gasteiger partial charge in [0.25, 0.3) is 0 Å². The van der Waals surface area contributed by atoms with Crippen LogP contribution in [-0.2, 0) is 12.5 Å². The lowest BCUT2D eigenvalue weighted by molar-refractivity contribution is 0.282. The quantitative estimate of drug-likeness (QED) is 0.802. The second kappa shape index (κ2) is 6.86. The maximum atomic E-state index is 9.43. The minimum atomic E-state index is 0.217. The summed E-state index contributed by atoms with van der Waals surface area (Å²) < 4.78 is 11.9. The normalized spacial score (nSPS) is 10.3. The molecule has 2 rings (SSSR count). The lowest BCUT2D eigenvalue weighted by Crippen LogP contribution is -1.99. The standard InChI is InChI=1S/C15H14BrClO3/c1-19-14-7-11(8-17)6-13(16)15(14)20-9-10-3-2-4-12(18)5-10/h2-7,18H,8-9H2,1H3. The molecule has 0 saturated heterocycles. The number of aromatic hydroxyl groups is 1. The third kappa shape index (κ3) is 3.58. The van der Waals surface area contributed by atoms with Gasteiger partial charge in [0.05, 0.1) is 11.6 Å². The number of phenolic OH excluding ortho intramolecular Hbond substituents is 1. The molecule has 3 nitrogen and oxygen atoms in total. The Morgan fingerprint density at radius 2 is 2.00 bits per heavy atom. The lowest BCUT2D eigenvalue weighted by Gasteiger charge is -2.14. The Bertz CT molecular complexity index is 602. The third-order valence-corrected chi connectivity index (χ3v) is 3.63. The molecule has 0 heterocycles. The summed E-state index contributed by atoms with van der Waals surface area (Å²) in [6.45, 7) is 0.337. The zero-order chi connectivity index (χ0) is 14.5. The topological polar surface area (TPSA) is 38.7 Å². The molecule has 0 amide bonds. The van der Waals surface area contributed by atoms with Crippen molar-refractivity contribution >= 4 is 27.5 Å². The fourth-order valence-corrected chi connectivity index (χ4v) is 2.55. The summed E-state index contributed by atoms with van der Waals surface area (Å²) in [6.07, 6.45) is 0. The molecule has 20 heavy (non-hydrogen) atoms. The first-order chi connectivity index (χ1) is 9.63. The highest BCUT2D eigenvalue weighted by Crippen LogP contribution is 2.37. The molecule has 0 aliphatic rings. The van der Waals surface area contributed by atoms with Crippen molar-refractivity contribution in [2.75, 3.05) is 7.11 Å². The molecule has 0 unspecified atom stereocenters. The number of hydrogen-bond donors (Lipinski definition) is 1. The summed E-state index contributed by atoms with van der Waals surface area (Å²) in [5.74, 6) is 1.86. The Kier molecular flexibility index (Phi) is 5.15. The maximum absolute atomic E-state index is 9.43. The Morgan fingerprint density at radius 1 is 1.20 bits per heavy atom. The van der Waals surface area contributed by atoms with Gasteiger partial charge < -0.3 is 14.6 Å². The van der Waals surface area contributed by atoms with Gasteiger partial charge in [-0.3, -0.25) is 0 Å². The van der Waals surface area contributed by atoms with Crippen LogP contribution in [0.4, 0.5) is 0 Å². The molecular weight excluding hydrogens is 344 g/mol. The SMILES string of the molecule is COc1cc(CCl)cc(Br)c1OCc1cccc(O)c1. The number of benzene rings is 2. The first-order valence-electron chi connectivity index (χ1n) is 5.97. The highest BCUT2D eigenvalue weighted by molar-refractivity contribution is 9.10. The molecule has 0 spiro atoms. The van der Waals surface area contributed by atoms with Gasteiger partial charge in [-0.25, -0.2) is 0 Å². The van der Waals surface area contributed by atoms with Gasteiger partial charge in [0.2, 0.25) is 0 Å². The Morgan fingerprint density at radius 3 is 2.65 bits per heavy atom. The van der Waals surface area contributed by atoms with E-state index in [0.29, 0.717) is 24.0 Å². The molecule has 2 aromatic rings. The number of methoxy groups -OCH3 is 1. The van der Waals surface area contributed by atoms with Gasteiger partial charge in [0, 0.05) is 5.88 Å². The summed E-state index contributed by atoms with van der Waals surface area (Å²) in [7, 11) is 1.58. The van der Waals surface area contributed by atoms with Crippen LogP contribution in [0.2, 0.25) is 0 Å². The second-order valence-electron chi connectivity index (χ2n) is 4.20. The van der Waals surface area contributed by atoms with E-state index in [1.807, 2.05) is 18.2 Å². The van der Waals surface area contributed by atoms with Gasteiger partial charge in [0.15, 0.2) is 11.5 Å². The van der Waals surface area contributed by atoms with Crippen molar-refractivity contribution in [3.05, 3.63) is 52.0 Å². The van der Waals surface area contributed by atoms with Gasteiger partial charge in [-0.1, -0.05) is 12.1 Å². The third-order valence-electron chi connectivity index (χ3n) is 2.74. The van der Waals surface area contributed by atoms with Gasteiger partial charge in [0.1, 0.15) is 12.4 Å². The van der Waals surface area contributed by atoms with E-state index in [0.717, 1.165) is 15.6 Å². The maximum Gasteiger partial charge on any atom is 0.175 e.